The lowest BCUT2D eigenvalue weighted by atomic mass is 9.73. The van der Waals surface area contributed by atoms with E-state index in [-0.39, 0.29) is 11.5 Å². The van der Waals surface area contributed by atoms with E-state index in [1.807, 2.05) is 24.4 Å². The van der Waals surface area contributed by atoms with Gasteiger partial charge >= 0.3 is 0 Å². The maximum Gasteiger partial charge on any atom is 0.177 e. The number of benzene rings is 2. The van der Waals surface area contributed by atoms with Crippen LogP contribution in [0.25, 0.3) is 16.7 Å². The minimum absolute atomic E-state index is 0.0980. The van der Waals surface area contributed by atoms with Gasteiger partial charge in [0, 0.05) is 30.8 Å². The van der Waals surface area contributed by atoms with Gasteiger partial charge in [-0.3, -0.25) is 5.10 Å². The Bertz CT molecular complexity index is 1430. The molecule has 4 aromatic rings. The molecule has 3 N–H and O–H groups in total. The highest BCUT2D eigenvalue weighted by molar-refractivity contribution is 5.91. The third-order valence-electron chi connectivity index (χ3n) is 7.92. The van der Waals surface area contributed by atoms with Gasteiger partial charge in [0.25, 0.3) is 0 Å². The Hall–Kier alpha value is -3.91. The Labute approximate surface area is 210 Å². The zero-order chi connectivity index (χ0) is 24.9. The molecule has 8 heteroatoms. The number of H-pyrrole nitrogens is 1. The van der Waals surface area contributed by atoms with E-state index >= 15 is 0 Å². The second-order valence-electron chi connectivity index (χ2n) is 9.78. The monoisotopic (exact) mass is 482 g/mol. The number of rotatable bonds is 5. The van der Waals surface area contributed by atoms with Gasteiger partial charge in [-0.15, -0.1) is 0 Å². The maximum atomic E-state index is 6.75. The summed E-state index contributed by atoms with van der Waals surface area (Å²) in [7, 11) is 3.25. The van der Waals surface area contributed by atoms with E-state index in [0.717, 1.165) is 49.3 Å². The summed E-state index contributed by atoms with van der Waals surface area (Å²) in [6, 6.07) is 14.4. The van der Waals surface area contributed by atoms with Gasteiger partial charge in [-0.2, -0.15) is 5.10 Å². The molecular formula is C28H30N6O2. The summed E-state index contributed by atoms with van der Waals surface area (Å²) in [6.07, 6.45) is 4.96. The predicted molar refractivity (Wildman–Crippen MR) is 140 cm³/mol. The third kappa shape index (κ3) is 3.60. The first-order valence-corrected chi connectivity index (χ1v) is 12.2. The van der Waals surface area contributed by atoms with Crippen LogP contribution in [0.4, 0.5) is 5.82 Å². The van der Waals surface area contributed by atoms with E-state index in [4.69, 9.17) is 25.2 Å². The van der Waals surface area contributed by atoms with Crippen LogP contribution in [-0.2, 0) is 6.42 Å². The lowest BCUT2D eigenvalue weighted by molar-refractivity contribution is 0.187. The smallest absolute Gasteiger partial charge is 0.177 e. The first-order valence-electron chi connectivity index (χ1n) is 12.2. The van der Waals surface area contributed by atoms with E-state index in [1.54, 1.807) is 14.2 Å². The Morgan fingerprint density at radius 1 is 1.11 bits per heavy atom. The van der Waals surface area contributed by atoms with Crippen molar-refractivity contribution in [2.24, 2.45) is 11.1 Å². The van der Waals surface area contributed by atoms with E-state index in [9.17, 15) is 0 Å². The minimum atomic E-state index is 0.0980. The molecule has 1 spiro atoms. The summed E-state index contributed by atoms with van der Waals surface area (Å²) >= 11 is 0. The molecule has 8 nitrogen and oxygen atoms in total. The molecule has 1 fully saturated rings. The number of fused-ring (bicyclic) bond motifs is 2. The number of hydrogen-bond acceptors (Lipinski definition) is 7. The molecule has 2 aromatic heterocycles. The lowest BCUT2D eigenvalue weighted by Gasteiger charge is -2.42. The van der Waals surface area contributed by atoms with Gasteiger partial charge in [0.15, 0.2) is 5.65 Å². The molecule has 0 radical (unpaired) electrons. The average Bonchev–Trinajstić information content (AvgIpc) is 3.47. The number of nitrogens with zero attached hydrogens (tertiary/aromatic N) is 4. The number of piperidine rings is 1. The highest BCUT2D eigenvalue weighted by atomic mass is 16.5. The number of aromatic amines is 1. The molecule has 3 heterocycles. The molecule has 0 bridgehead atoms. The number of nitrogens with two attached hydrogens (primary N) is 1. The summed E-state index contributed by atoms with van der Waals surface area (Å²) in [5, 5.41) is 7.54. The number of aromatic nitrogens is 4. The van der Waals surface area contributed by atoms with Gasteiger partial charge in [-0.05, 0) is 53.5 Å². The van der Waals surface area contributed by atoms with Gasteiger partial charge in [-0.25, -0.2) is 9.97 Å². The molecule has 2 aliphatic rings. The van der Waals surface area contributed by atoms with Gasteiger partial charge in [0.2, 0.25) is 0 Å². The van der Waals surface area contributed by atoms with Crippen molar-refractivity contribution in [3.8, 4) is 11.5 Å². The van der Waals surface area contributed by atoms with Gasteiger partial charge in [0.1, 0.15) is 28.5 Å². The summed E-state index contributed by atoms with van der Waals surface area (Å²) in [5.41, 5.74) is 13.1. The van der Waals surface area contributed by atoms with Crippen LogP contribution in [0, 0.1) is 5.41 Å². The number of anilines is 1. The molecule has 1 saturated heterocycles. The van der Waals surface area contributed by atoms with E-state index in [0.29, 0.717) is 28.4 Å². The first kappa shape index (κ1) is 22.5. The standard InChI is InChI=1S/C28H30N6O2/c1-17(19-12-20(35-2)14-21(13-19)36-3)24-25-27(33-32-24)31-23(16-30-25)34-10-8-28(9-11-34)15-18-6-4-5-7-22(18)26(28)29/h4-7,12-14,16,26H,1,8-11,15,29H2,2-3H3,(H,31,32,33)/t26-/m1/s1. The number of ether oxygens (including phenoxy) is 2. The molecular weight excluding hydrogens is 452 g/mol. The van der Waals surface area contributed by atoms with Crippen molar-refractivity contribution in [1.82, 2.24) is 20.2 Å². The van der Waals surface area contributed by atoms with Crippen LogP contribution in [0.5, 0.6) is 11.5 Å². The molecule has 36 heavy (non-hydrogen) atoms. The third-order valence-corrected chi connectivity index (χ3v) is 7.92. The molecule has 0 saturated carbocycles. The van der Waals surface area contributed by atoms with Crippen LogP contribution in [0.2, 0.25) is 0 Å². The average molecular weight is 483 g/mol. The first-order chi connectivity index (χ1) is 17.5. The van der Waals surface area contributed by atoms with Crippen LogP contribution < -0.4 is 20.1 Å². The number of hydrogen-bond donors (Lipinski definition) is 2. The van der Waals surface area contributed by atoms with Crippen molar-refractivity contribution in [2.45, 2.75) is 25.3 Å². The minimum Gasteiger partial charge on any atom is -0.497 e. The van der Waals surface area contributed by atoms with Crippen molar-refractivity contribution in [3.63, 3.8) is 0 Å². The van der Waals surface area contributed by atoms with E-state index < -0.39 is 0 Å². The highest BCUT2D eigenvalue weighted by Crippen LogP contribution is 2.50. The van der Waals surface area contributed by atoms with Crippen LogP contribution in [0.3, 0.4) is 0 Å². The summed E-state index contributed by atoms with van der Waals surface area (Å²) < 4.78 is 10.8. The SMILES string of the molecule is C=C(c1cc(OC)cc(OC)c1)c1n[nH]c2nc(N3CCC4(CC3)Cc3ccccc3[C@H]4N)cnc12. The Kier molecular flexibility index (Phi) is 5.41. The van der Waals surface area contributed by atoms with Crippen molar-refractivity contribution >= 4 is 22.6 Å². The topological polar surface area (TPSA) is 102 Å². The zero-order valence-corrected chi connectivity index (χ0v) is 20.6. The molecule has 2 aromatic carbocycles. The van der Waals surface area contributed by atoms with Crippen molar-refractivity contribution in [1.29, 1.82) is 0 Å². The molecule has 1 atom stereocenters. The normalized spacial score (nSPS) is 18.4. The van der Waals surface area contributed by atoms with E-state index in [2.05, 4.69) is 45.9 Å². The Morgan fingerprint density at radius 3 is 2.53 bits per heavy atom. The largest absolute Gasteiger partial charge is 0.497 e. The van der Waals surface area contributed by atoms with Gasteiger partial charge < -0.3 is 20.1 Å². The molecule has 1 aliphatic carbocycles. The van der Waals surface area contributed by atoms with Gasteiger partial charge in [0.05, 0.1) is 20.4 Å². The highest BCUT2D eigenvalue weighted by Gasteiger charge is 2.45. The van der Waals surface area contributed by atoms with E-state index in [1.165, 1.54) is 11.1 Å². The Balaban J connectivity index is 1.22. The fourth-order valence-corrected chi connectivity index (χ4v) is 5.76. The second kappa shape index (κ2) is 8.64. The van der Waals surface area contributed by atoms with Crippen molar-refractivity contribution in [3.05, 3.63) is 77.6 Å². The number of methoxy groups -OCH3 is 2. The fourth-order valence-electron chi connectivity index (χ4n) is 5.76. The summed E-state index contributed by atoms with van der Waals surface area (Å²) in [4.78, 5) is 11.9. The zero-order valence-electron chi connectivity index (χ0n) is 20.6. The maximum absolute atomic E-state index is 6.75. The molecule has 184 valence electrons. The predicted octanol–water partition coefficient (Wildman–Crippen LogP) is 4.27. The molecule has 0 unspecified atom stereocenters. The lowest BCUT2D eigenvalue weighted by Crippen LogP contribution is -2.44. The fraction of sp³-hybridized carbons (Fsp3) is 0.321. The summed E-state index contributed by atoms with van der Waals surface area (Å²) in [6.45, 7) is 6.07. The van der Waals surface area contributed by atoms with Crippen LogP contribution in [0.15, 0.2) is 55.2 Å². The second-order valence-corrected chi connectivity index (χ2v) is 9.78. The van der Waals surface area contributed by atoms with Crippen molar-refractivity contribution < 1.29 is 9.47 Å². The number of nitrogens with one attached hydrogen (secondary N) is 1. The molecule has 0 amide bonds. The summed E-state index contributed by atoms with van der Waals surface area (Å²) in [5.74, 6) is 2.23. The Morgan fingerprint density at radius 2 is 1.83 bits per heavy atom. The molecule has 1 aliphatic heterocycles. The van der Waals surface area contributed by atoms with Crippen molar-refractivity contribution in [2.75, 3.05) is 32.2 Å². The van der Waals surface area contributed by atoms with Gasteiger partial charge in [-0.1, -0.05) is 30.8 Å². The quantitative estimate of drug-likeness (QED) is 0.438. The molecule has 6 rings (SSSR count). The van der Waals surface area contributed by atoms with Crippen LogP contribution in [-0.4, -0.2) is 47.5 Å². The van der Waals surface area contributed by atoms with Crippen LogP contribution >= 0.6 is 0 Å². The van der Waals surface area contributed by atoms with Crippen LogP contribution in [0.1, 0.15) is 41.3 Å².